The fourth-order valence-electron chi connectivity index (χ4n) is 4.37. The summed E-state index contributed by atoms with van der Waals surface area (Å²) >= 11 is 0. The topological polar surface area (TPSA) is 110 Å². The Bertz CT molecular complexity index is 1360. The lowest BCUT2D eigenvalue weighted by Crippen LogP contribution is -2.19. The first kappa shape index (κ1) is 21.0. The summed E-state index contributed by atoms with van der Waals surface area (Å²) in [6.45, 7) is 1.80. The molecule has 0 spiro atoms. The molecule has 3 heterocycles. The molecule has 3 aromatic heterocycles. The van der Waals surface area contributed by atoms with Crippen LogP contribution in [0.3, 0.4) is 0 Å². The van der Waals surface area contributed by atoms with Gasteiger partial charge in [-0.1, -0.05) is 25.7 Å². The van der Waals surface area contributed by atoms with Crippen LogP contribution >= 0.6 is 0 Å². The maximum Gasteiger partial charge on any atom is 0.263 e. The Hall–Kier alpha value is -3.82. The van der Waals surface area contributed by atoms with Crippen molar-refractivity contribution in [3.05, 3.63) is 58.4 Å². The first-order chi connectivity index (χ1) is 16.0. The van der Waals surface area contributed by atoms with E-state index >= 15 is 0 Å². The second-order valence-electron chi connectivity index (χ2n) is 8.48. The molecular weight excluding hydrogens is 425 g/mol. The number of hydrogen-bond acceptors (Lipinski definition) is 5. The molecule has 0 unspecified atom stereocenters. The summed E-state index contributed by atoms with van der Waals surface area (Å²) in [5.41, 5.74) is 1.13. The van der Waals surface area contributed by atoms with Crippen LogP contribution in [0.4, 0.5) is 10.2 Å². The predicted molar refractivity (Wildman–Crippen MR) is 121 cm³/mol. The predicted octanol–water partition coefficient (Wildman–Crippen LogP) is 3.65. The third-order valence-corrected chi connectivity index (χ3v) is 6.05. The number of halogens is 1. The summed E-state index contributed by atoms with van der Waals surface area (Å²) in [6.07, 6.45) is 7.59. The van der Waals surface area contributed by atoms with Crippen molar-refractivity contribution >= 4 is 22.8 Å². The summed E-state index contributed by atoms with van der Waals surface area (Å²) in [7, 11) is 0. The molecular formula is C23H24FN7O2. The van der Waals surface area contributed by atoms with Gasteiger partial charge in [-0.25, -0.2) is 9.07 Å². The molecule has 1 aromatic carbocycles. The zero-order valence-electron chi connectivity index (χ0n) is 18.2. The van der Waals surface area contributed by atoms with Crippen LogP contribution in [0.15, 0.2) is 41.3 Å². The zero-order chi connectivity index (χ0) is 22.9. The number of carbonyl (C=O) groups is 1. The molecule has 10 heteroatoms. The van der Waals surface area contributed by atoms with Gasteiger partial charge in [-0.2, -0.15) is 19.9 Å². The quantitative estimate of drug-likeness (QED) is 0.467. The van der Waals surface area contributed by atoms with Gasteiger partial charge in [0.15, 0.2) is 5.65 Å². The molecule has 1 aliphatic carbocycles. The molecule has 0 bridgehead atoms. The maximum absolute atomic E-state index is 13.3. The van der Waals surface area contributed by atoms with Crippen LogP contribution in [-0.2, 0) is 4.79 Å². The van der Waals surface area contributed by atoms with Crippen molar-refractivity contribution in [2.75, 3.05) is 5.32 Å². The Morgan fingerprint density at radius 2 is 1.97 bits per heavy atom. The van der Waals surface area contributed by atoms with Crippen LogP contribution in [0, 0.1) is 18.7 Å². The molecule has 33 heavy (non-hydrogen) atoms. The van der Waals surface area contributed by atoms with Crippen molar-refractivity contribution in [2.45, 2.75) is 45.4 Å². The smallest absolute Gasteiger partial charge is 0.263 e. The minimum absolute atomic E-state index is 0.0946. The molecule has 1 fully saturated rings. The van der Waals surface area contributed by atoms with E-state index in [9.17, 15) is 14.0 Å². The Labute approximate surface area is 188 Å². The fraction of sp³-hybridized carbons (Fsp3) is 0.348. The number of anilines is 1. The Kier molecular flexibility index (Phi) is 5.49. The van der Waals surface area contributed by atoms with Crippen molar-refractivity contribution in [1.82, 2.24) is 29.5 Å². The van der Waals surface area contributed by atoms with Crippen LogP contribution in [0.2, 0.25) is 0 Å². The molecule has 1 amide bonds. The van der Waals surface area contributed by atoms with Crippen LogP contribution in [-0.4, -0.2) is 35.4 Å². The summed E-state index contributed by atoms with van der Waals surface area (Å²) in [4.78, 5) is 32.6. The Morgan fingerprint density at radius 3 is 2.73 bits per heavy atom. The minimum atomic E-state index is -0.393. The van der Waals surface area contributed by atoms with Gasteiger partial charge < -0.3 is 5.32 Å². The Morgan fingerprint density at radius 1 is 1.21 bits per heavy atom. The second-order valence-corrected chi connectivity index (χ2v) is 8.48. The van der Waals surface area contributed by atoms with Gasteiger partial charge in [0.25, 0.3) is 5.56 Å². The van der Waals surface area contributed by atoms with Crippen molar-refractivity contribution in [2.24, 2.45) is 5.92 Å². The van der Waals surface area contributed by atoms with Crippen LogP contribution in [0.5, 0.6) is 0 Å². The highest BCUT2D eigenvalue weighted by Crippen LogP contribution is 2.28. The van der Waals surface area contributed by atoms with E-state index in [1.54, 1.807) is 25.1 Å². The van der Waals surface area contributed by atoms with Crippen molar-refractivity contribution in [3.8, 4) is 11.6 Å². The third-order valence-electron chi connectivity index (χ3n) is 6.05. The summed E-state index contributed by atoms with van der Waals surface area (Å²) < 4.78 is 16.2. The molecule has 4 aromatic rings. The lowest BCUT2D eigenvalue weighted by Gasteiger charge is -2.10. The van der Waals surface area contributed by atoms with Crippen LogP contribution < -0.4 is 10.9 Å². The first-order valence-corrected chi connectivity index (χ1v) is 11.1. The molecule has 1 aliphatic rings. The SMILES string of the molecule is Cc1cc(NC(=O)CCC2CCCC2)n(-c2nc3c(cnn3-c3ccc(F)cc3)c(=O)[nH]2)n1. The number of H-pyrrole nitrogens is 1. The second kappa shape index (κ2) is 8.61. The van der Waals surface area contributed by atoms with Crippen LogP contribution in [0.25, 0.3) is 22.7 Å². The van der Waals surface area contributed by atoms with Crippen molar-refractivity contribution in [3.63, 3.8) is 0 Å². The summed E-state index contributed by atoms with van der Waals surface area (Å²) in [5, 5.41) is 11.8. The van der Waals surface area contributed by atoms with Crippen LogP contribution in [0.1, 0.15) is 44.2 Å². The van der Waals surface area contributed by atoms with E-state index < -0.39 is 5.56 Å². The average molecular weight is 449 g/mol. The Balaban J connectivity index is 1.46. The van der Waals surface area contributed by atoms with Gasteiger partial charge in [-0.05, 0) is 43.5 Å². The van der Waals surface area contributed by atoms with E-state index in [1.165, 1.54) is 53.4 Å². The van der Waals surface area contributed by atoms with E-state index in [4.69, 9.17) is 0 Å². The van der Waals surface area contributed by atoms with Gasteiger partial charge in [-0.3, -0.25) is 14.6 Å². The number of amides is 1. The van der Waals surface area contributed by atoms with E-state index in [0.29, 0.717) is 35.2 Å². The fourth-order valence-corrected chi connectivity index (χ4v) is 4.37. The number of nitrogens with zero attached hydrogens (tertiary/aromatic N) is 5. The molecule has 5 rings (SSSR count). The molecule has 1 saturated carbocycles. The normalized spacial score (nSPS) is 14.2. The van der Waals surface area contributed by atoms with Crippen molar-refractivity contribution < 1.29 is 9.18 Å². The monoisotopic (exact) mass is 449 g/mol. The number of fused-ring (bicyclic) bond motifs is 1. The van der Waals surface area contributed by atoms with Gasteiger partial charge in [0, 0.05) is 12.5 Å². The highest BCUT2D eigenvalue weighted by atomic mass is 19.1. The summed E-state index contributed by atoms with van der Waals surface area (Å²) in [6, 6.07) is 7.46. The highest BCUT2D eigenvalue weighted by Gasteiger charge is 2.19. The largest absolute Gasteiger partial charge is 0.310 e. The van der Waals surface area contributed by atoms with Gasteiger partial charge >= 0.3 is 0 Å². The number of aromatic amines is 1. The number of benzene rings is 1. The molecule has 9 nitrogen and oxygen atoms in total. The van der Waals surface area contributed by atoms with Gasteiger partial charge in [0.05, 0.1) is 17.6 Å². The minimum Gasteiger partial charge on any atom is -0.310 e. The number of aryl methyl sites for hydroxylation is 1. The maximum atomic E-state index is 13.3. The standard InChI is InChI=1S/C23H24FN7O2/c1-14-12-19(26-20(32)11-6-15-4-2-3-5-15)31(29-14)23-27-21-18(22(33)28-23)13-25-30(21)17-9-7-16(24)8-10-17/h7-10,12-13,15H,2-6,11H2,1H3,(H,26,32)(H,27,28,33). The number of aromatic nitrogens is 6. The number of carbonyl (C=O) groups excluding carboxylic acids is 1. The zero-order valence-corrected chi connectivity index (χ0v) is 18.2. The molecule has 0 aliphatic heterocycles. The number of nitrogens with one attached hydrogen (secondary N) is 2. The first-order valence-electron chi connectivity index (χ1n) is 11.1. The van der Waals surface area contributed by atoms with Crippen molar-refractivity contribution in [1.29, 1.82) is 0 Å². The lowest BCUT2D eigenvalue weighted by atomic mass is 10.0. The lowest BCUT2D eigenvalue weighted by molar-refractivity contribution is -0.116. The molecule has 2 N–H and O–H groups in total. The number of rotatable bonds is 6. The van der Waals surface area contributed by atoms with E-state index in [1.807, 2.05) is 0 Å². The van der Waals surface area contributed by atoms with Gasteiger partial charge in [0.2, 0.25) is 11.9 Å². The van der Waals surface area contributed by atoms with E-state index in [2.05, 4.69) is 25.5 Å². The molecule has 170 valence electrons. The molecule has 0 radical (unpaired) electrons. The van der Waals surface area contributed by atoms with Gasteiger partial charge in [-0.15, -0.1) is 0 Å². The van der Waals surface area contributed by atoms with E-state index in [0.717, 1.165) is 6.42 Å². The molecule has 0 atom stereocenters. The average Bonchev–Trinajstić information content (AvgIpc) is 3.53. The number of hydrogen-bond donors (Lipinski definition) is 2. The third kappa shape index (κ3) is 4.28. The van der Waals surface area contributed by atoms with Gasteiger partial charge in [0.1, 0.15) is 17.0 Å². The molecule has 0 saturated heterocycles. The van der Waals surface area contributed by atoms with E-state index in [-0.39, 0.29) is 23.1 Å². The highest BCUT2D eigenvalue weighted by molar-refractivity contribution is 5.90. The summed E-state index contributed by atoms with van der Waals surface area (Å²) in [5.74, 6) is 0.731.